The number of hydrogen-bond acceptors (Lipinski definition) is 3. The first-order valence-corrected chi connectivity index (χ1v) is 6.19. The van der Waals surface area contributed by atoms with Crippen LogP contribution in [-0.4, -0.2) is 11.6 Å². The molecule has 0 saturated heterocycles. The zero-order chi connectivity index (χ0) is 14.1. The van der Waals surface area contributed by atoms with Crippen molar-refractivity contribution in [2.75, 3.05) is 5.73 Å². The van der Waals surface area contributed by atoms with Gasteiger partial charge in [0, 0.05) is 5.69 Å². The Kier molecular flexibility index (Phi) is 4.05. The number of aryl methyl sites for hydroxylation is 2. The van der Waals surface area contributed by atoms with Crippen LogP contribution in [0.4, 0.5) is 5.69 Å². The van der Waals surface area contributed by atoms with Crippen LogP contribution in [0.1, 0.15) is 43.0 Å². The number of rotatable bonds is 2. The van der Waals surface area contributed by atoms with Gasteiger partial charge in [0.05, 0.1) is 6.42 Å². The molecule has 0 radical (unpaired) electrons. The average Bonchev–Trinajstić information content (AvgIpc) is 2.19. The molecular weight excluding hydrogens is 226 g/mol. The van der Waals surface area contributed by atoms with Gasteiger partial charge in [-0.25, -0.2) is 0 Å². The quantitative estimate of drug-likeness (QED) is 0.647. The smallest absolute Gasteiger partial charge is 0.310 e. The van der Waals surface area contributed by atoms with Crippen molar-refractivity contribution in [3.05, 3.63) is 28.3 Å². The molecule has 3 nitrogen and oxygen atoms in total. The van der Waals surface area contributed by atoms with Crippen LogP contribution < -0.4 is 5.73 Å². The normalized spacial score (nSPS) is 11.4. The lowest BCUT2D eigenvalue weighted by Crippen LogP contribution is -2.25. The summed E-state index contributed by atoms with van der Waals surface area (Å²) in [6.45, 7) is 11.6. The molecule has 0 aliphatic carbocycles. The van der Waals surface area contributed by atoms with E-state index in [2.05, 4.69) is 6.07 Å². The summed E-state index contributed by atoms with van der Waals surface area (Å²) in [6.07, 6.45) is 0.232. The Morgan fingerprint density at radius 3 is 2.28 bits per heavy atom. The minimum atomic E-state index is -0.459. The summed E-state index contributed by atoms with van der Waals surface area (Å²) >= 11 is 0. The maximum atomic E-state index is 11.9. The van der Waals surface area contributed by atoms with E-state index in [9.17, 15) is 4.79 Å². The Labute approximate surface area is 109 Å². The van der Waals surface area contributed by atoms with Crippen LogP contribution in [0.2, 0.25) is 0 Å². The van der Waals surface area contributed by atoms with Gasteiger partial charge in [-0.1, -0.05) is 6.07 Å². The summed E-state index contributed by atoms with van der Waals surface area (Å²) in [6, 6.07) is 2.06. The van der Waals surface area contributed by atoms with Gasteiger partial charge in [0.15, 0.2) is 0 Å². The van der Waals surface area contributed by atoms with E-state index in [1.165, 1.54) is 0 Å². The second-order valence-electron chi connectivity index (χ2n) is 5.79. The summed E-state index contributed by atoms with van der Waals surface area (Å²) < 4.78 is 5.33. The molecule has 0 saturated carbocycles. The number of carbonyl (C=O) groups excluding carboxylic acids is 1. The van der Waals surface area contributed by atoms with E-state index >= 15 is 0 Å². The highest BCUT2D eigenvalue weighted by Gasteiger charge is 2.19. The molecule has 0 atom stereocenters. The number of hydrogen-bond donors (Lipinski definition) is 1. The standard InChI is InChI=1S/C15H23NO2/c1-9-7-10(2)12(14(16)11(9)3)8-13(17)18-15(4,5)6/h7H,8,16H2,1-6H3. The maximum absolute atomic E-state index is 11.9. The molecule has 0 unspecified atom stereocenters. The van der Waals surface area contributed by atoms with Crippen LogP contribution in [-0.2, 0) is 16.0 Å². The van der Waals surface area contributed by atoms with E-state index in [0.29, 0.717) is 5.69 Å². The molecule has 1 aromatic rings. The van der Waals surface area contributed by atoms with Gasteiger partial charge in [-0.2, -0.15) is 0 Å². The van der Waals surface area contributed by atoms with Crippen molar-refractivity contribution >= 4 is 11.7 Å². The lowest BCUT2D eigenvalue weighted by atomic mass is 9.96. The van der Waals surface area contributed by atoms with Gasteiger partial charge in [-0.3, -0.25) is 4.79 Å². The van der Waals surface area contributed by atoms with E-state index in [1.807, 2.05) is 41.5 Å². The summed E-state index contributed by atoms with van der Waals surface area (Å²) in [5.74, 6) is -0.236. The zero-order valence-corrected chi connectivity index (χ0v) is 12.2. The van der Waals surface area contributed by atoms with Crippen molar-refractivity contribution in [2.24, 2.45) is 0 Å². The first-order chi connectivity index (χ1) is 8.11. The highest BCUT2D eigenvalue weighted by Crippen LogP contribution is 2.25. The highest BCUT2D eigenvalue weighted by molar-refractivity contribution is 5.77. The molecule has 0 aromatic heterocycles. The van der Waals surface area contributed by atoms with Gasteiger partial charge < -0.3 is 10.5 Å². The van der Waals surface area contributed by atoms with Crippen LogP contribution in [0.5, 0.6) is 0 Å². The predicted octanol–water partition coefficient (Wildman–Crippen LogP) is 3.08. The molecule has 3 heteroatoms. The summed E-state index contributed by atoms with van der Waals surface area (Å²) in [5.41, 5.74) is 10.5. The molecule has 0 aliphatic rings. The Hall–Kier alpha value is -1.51. The molecule has 0 aliphatic heterocycles. The molecule has 0 amide bonds. The van der Waals surface area contributed by atoms with Gasteiger partial charge in [-0.05, 0) is 63.8 Å². The minimum absolute atomic E-state index is 0.232. The topological polar surface area (TPSA) is 52.3 Å². The number of ether oxygens (including phenoxy) is 1. The van der Waals surface area contributed by atoms with Gasteiger partial charge in [0.1, 0.15) is 5.60 Å². The van der Waals surface area contributed by atoms with Gasteiger partial charge in [-0.15, -0.1) is 0 Å². The van der Waals surface area contributed by atoms with Crippen LogP contribution in [0.3, 0.4) is 0 Å². The SMILES string of the molecule is Cc1cc(C)c(CC(=O)OC(C)(C)C)c(N)c1C. The van der Waals surface area contributed by atoms with Crippen LogP contribution in [0.15, 0.2) is 6.07 Å². The average molecular weight is 249 g/mol. The summed E-state index contributed by atoms with van der Waals surface area (Å²) in [7, 11) is 0. The fraction of sp³-hybridized carbons (Fsp3) is 0.533. The van der Waals surface area contributed by atoms with Crippen molar-refractivity contribution in [1.82, 2.24) is 0 Å². The van der Waals surface area contributed by atoms with E-state index in [4.69, 9.17) is 10.5 Å². The monoisotopic (exact) mass is 249 g/mol. The molecule has 2 N–H and O–H groups in total. The lowest BCUT2D eigenvalue weighted by molar-refractivity contribution is -0.153. The summed E-state index contributed by atoms with van der Waals surface area (Å²) in [4.78, 5) is 11.9. The number of nitrogen functional groups attached to an aromatic ring is 1. The lowest BCUT2D eigenvalue weighted by Gasteiger charge is -2.21. The number of anilines is 1. The molecular formula is C15H23NO2. The van der Waals surface area contributed by atoms with E-state index in [1.54, 1.807) is 0 Å². The molecule has 0 spiro atoms. The minimum Gasteiger partial charge on any atom is -0.460 e. The van der Waals surface area contributed by atoms with Crippen LogP contribution in [0, 0.1) is 20.8 Å². The van der Waals surface area contributed by atoms with Crippen molar-refractivity contribution in [3.8, 4) is 0 Å². The molecule has 18 heavy (non-hydrogen) atoms. The Morgan fingerprint density at radius 2 is 1.78 bits per heavy atom. The van der Waals surface area contributed by atoms with Gasteiger partial charge in [0.2, 0.25) is 0 Å². The number of carbonyl (C=O) groups is 1. The van der Waals surface area contributed by atoms with Gasteiger partial charge in [0.25, 0.3) is 0 Å². The molecule has 0 fully saturated rings. The van der Waals surface area contributed by atoms with Crippen molar-refractivity contribution in [1.29, 1.82) is 0 Å². The molecule has 0 bridgehead atoms. The van der Waals surface area contributed by atoms with Crippen LogP contribution >= 0.6 is 0 Å². The number of esters is 1. The third-order valence-electron chi connectivity index (χ3n) is 2.97. The fourth-order valence-corrected chi connectivity index (χ4v) is 1.93. The Balaban J connectivity index is 2.99. The molecule has 0 heterocycles. The third-order valence-corrected chi connectivity index (χ3v) is 2.97. The summed E-state index contributed by atoms with van der Waals surface area (Å²) in [5, 5.41) is 0. The second kappa shape index (κ2) is 5.01. The second-order valence-corrected chi connectivity index (χ2v) is 5.79. The zero-order valence-electron chi connectivity index (χ0n) is 12.2. The van der Waals surface area contributed by atoms with E-state index in [-0.39, 0.29) is 12.4 Å². The van der Waals surface area contributed by atoms with Crippen LogP contribution in [0.25, 0.3) is 0 Å². The van der Waals surface area contributed by atoms with Gasteiger partial charge >= 0.3 is 5.97 Å². The van der Waals surface area contributed by atoms with E-state index in [0.717, 1.165) is 22.3 Å². The fourth-order valence-electron chi connectivity index (χ4n) is 1.93. The largest absolute Gasteiger partial charge is 0.460 e. The third kappa shape index (κ3) is 3.49. The van der Waals surface area contributed by atoms with E-state index < -0.39 is 5.60 Å². The molecule has 100 valence electrons. The van der Waals surface area contributed by atoms with Crippen molar-refractivity contribution < 1.29 is 9.53 Å². The number of nitrogens with two attached hydrogens (primary N) is 1. The first-order valence-electron chi connectivity index (χ1n) is 6.19. The molecule has 1 rings (SSSR count). The predicted molar refractivity (Wildman–Crippen MR) is 74.6 cm³/mol. The Morgan fingerprint density at radius 1 is 1.22 bits per heavy atom. The van der Waals surface area contributed by atoms with Crippen molar-refractivity contribution in [3.63, 3.8) is 0 Å². The Bertz CT molecular complexity index is 470. The highest BCUT2D eigenvalue weighted by atomic mass is 16.6. The maximum Gasteiger partial charge on any atom is 0.310 e. The molecule has 1 aromatic carbocycles. The first kappa shape index (κ1) is 14.6. The van der Waals surface area contributed by atoms with Crippen molar-refractivity contribution in [2.45, 2.75) is 53.6 Å². The number of benzene rings is 1.